The van der Waals surface area contributed by atoms with E-state index in [0.717, 1.165) is 12.8 Å². The Kier molecular flexibility index (Phi) is 15.4. The van der Waals surface area contributed by atoms with Gasteiger partial charge in [-0.1, -0.05) is 70.4 Å². The van der Waals surface area contributed by atoms with Gasteiger partial charge in [0.15, 0.2) is 0 Å². The van der Waals surface area contributed by atoms with Crippen molar-refractivity contribution < 1.29 is 19.1 Å². The highest BCUT2D eigenvalue weighted by molar-refractivity contribution is 7.50. The number of carbonyl (C=O) groups is 1. The van der Waals surface area contributed by atoms with Crippen LogP contribution in [0.25, 0.3) is 0 Å². The van der Waals surface area contributed by atoms with Gasteiger partial charge in [-0.15, -0.1) is 0 Å². The average molecular weight is 361 g/mol. The summed E-state index contributed by atoms with van der Waals surface area (Å²) in [6, 6.07) is 0. The van der Waals surface area contributed by atoms with Crippen molar-refractivity contribution >= 4 is 13.7 Å². The van der Waals surface area contributed by atoms with Crippen molar-refractivity contribution in [3.05, 3.63) is 12.2 Å². The molecule has 0 rings (SSSR count). The van der Waals surface area contributed by atoms with E-state index in [1.54, 1.807) is 5.09 Å². The van der Waals surface area contributed by atoms with E-state index in [2.05, 4.69) is 19.1 Å². The molecule has 0 aliphatic heterocycles. The lowest BCUT2D eigenvalue weighted by molar-refractivity contribution is -0.119. The molecule has 0 spiro atoms. The number of amides is 1. The highest BCUT2D eigenvalue weighted by atomic mass is 31.2. The summed E-state index contributed by atoms with van der Waals surface area (Å²) in [6.07, 6.45) is 20.1. The predicted octanol–water partition coefficient (Wildman–Crippen LogP) is 5.23. The third kappa shape index (κ3) is 19.4. The predicted molar refractivity (Wildman–Crippen MR) is 99.6 cm³/mol. The van der Waals surface area contributed by atoms with Gasteiger partial charge in [0.1, 0.15) is 0 Å². The molecule has 0 heterocycles. The number of unbranched alkanes of at least 4 members (excludes halogenated alkanes) is 11. The Morgan fingerprint density at radius 1 is 0.833 bits per heavy atom. The van der Waals surface area contributed by atoms with Crippen LogP contribution < -0.4 is 5.09 Å². The minimum atomic E-state index is -4.42. The van der Waals surface area contributed by atoms with Crippen LogP contribution in [0.3, 0.4) is 0 Å². The minimum absolute atomic E-state index is 0.189. The maximum Gasteiger partial charge on any atom is 0.429 e. The van der Waals surface area contributed by atoms with Gasteiger partial charge in [0, 0.05) is 6.42 Å². The highest BCUT2D eigenvalue weighted by Crippen LogP contribution is 2.28. The number of rotatable bonds is 16. The molecule has 0 aromatic heterocycles. The van der Waals surface area contributed by atoms with Crippen molar-refractivity contribution in [1.82, 2.24) is 5.09 Å². The second-order valence-electron chi connectivity index (χ2n) is 6.41. The summed E-state index contributed by atoms with van der Waals surface area (Å²) in [6.45, 7) is 2.24. The Morgan fingerprint density at radius 2 is 1.29 bits per heavy atom. The van der Waals surface area contributed by atoms with E-state index >= 15 is 0 Å². The van der Waals surface area contributed by atoms with Gasteiger partial charge in [-0.3, -0.25) is 9.88 Å². The molecule has 0 aliphatic rings. The summed E-state index contributed by atoms with van der Waals surface area (Å²) in [7, 11) is -4.42. The fourth-order valence-corrected chi connectivity index (χ4v) is 3.01. The van der Waals surface area contributed by atoms with Gasteiger partial charge in [-0.05, 0) is 32.1 Å². The van der Waals surface area contributed by atoms with E-state index in [-0.39, 0.29) is 6.42 Å². The molecule has 1 amide bonds. The first-order valence-electron chi connectivity index (χ1n) is 9.47. The monoisotopic (exact) mass is 361 g/mol. The van der Waals surface area contributed by atoms with Gasteiger partial charge in [0.2, 0.25) is 5.91 Å². The van der Waals surface area contributed by atoms with E-state index in [1.807, 2.05) is 0 Å². The van der Waals surface area contributed by atoms with Gasteiger partial charge in [-0.25, -0.2) is 4.57 Å². The zero-order valence-corrected chi connectivity index (χ0v) is 16.1. The molecule has 5 nitrogen and oxygen atoms in total. The summed E-state index contributed by atoms with van der Waals surface area (Å²) < 4.78 is 10.6. The van der Waals surface area contributed by atoms with Crippen LogP contribution in [-0.4, -0.2) is 15.7 Å². The van der Waals surface area contributed by atoms with Crippen LogP contribution in [0, 0.1) is 0 Å². The van der Waals surface area contributed by atoms with E-state index in [9.17, 15) is 9.36 Å². The van der Waals surface area contributed by atoms with Gasteiger partial charge in [-0.2, -0.15) is 0 Å². The lowest BCUT2D eigenvalue weighted by Gasteiger charge is -2.06. The molecule has 0 saturated carbocycles. The standard InChI is InChI=1S/C18H36NO4P/c1-2-3-4-5-6-7-8-9-10-11-12-13-14-15-16-17-18(20)19-24(21,22)23/h7-8H,2-6,9-17H2,1H3,(H3,19,20,21,22,23)/b8-7+. The normalized spacial score (nSPS) is 12.0. The largest absolute Gasteiger partial charge is 0.429 e. The topological polar surface area (TPSA) is 86.6 Å². The number of carbonyl (C=O) groups excluding carboxylic acids is 1. The second-order valence-corrected chi connectivity index (χ2v) is 7.72. The smallest absolute Gasteiger partial charge is 0.308 e. The third-order valence-electron chi connectivity index (χ3n) is 3.94. The quantitative estimate of drug-likeness (QED) is 0.199. The van der Waals surface area contributed by atoms with Crippen LogP contribution in [-0.2, 0) is 9.36 Å². The SMILES string of the molecule is CCCCCC/C=C/CCCCCCCCCC(=O)NP(=O)(O)O. The summed E-state index contributed by atoms with van der Waals surface area (Å²) in [5.74, 6) is -0.565. The molecule has 3 N–H and O–H groups in total. The average Bonchev–Trinajstić information content (AvgIpc) is 2.49. The van der Waals surface area contributed by atoms with Crippen molar-refractivity contribution in [2.75, 3.05) is 0 Å². The van der Waals surface area contributed by atoms with Crippen LogP contribution >= 0.6 is 7.75 Å². The van der Waals surface area contributed by atoms with Crippen LogP contribution in [0.1, 0.15) is 96.8 Å². The molecule has 24 heavy (non-hydrogen) atoms. The lowest BCUT2D eigenvalue weighted by atomic mass is 10.1. The van der Waals surface area contributed by atoms with Crippen LogP contribution in [0.5, 0.6) is 0 Å². The first kappa shape index (κ1) is 23.4. The van der Waals surface area contributed by atoms with E-state index in [0.29, 0.717) is 6.42 Å². The molecule has 6 heteroatoms. The van der Waals surface area contributed by atoms with E-state index in [4.69, 9.17) is 9.79 Å². The van der Waals surface area contributed by atoms with Crippen LogP contribution in [0.2, 0.25) is 0 Å². The van der Waals surface area contributed by atoms with Crippen molar-refractivity contribution in [3.63, 3.8) is 0 Å². The Hall–Kier alpha value is -0.640. The third-order valence-corrected chi connectivity index (χ3v) is 4.48. The van der Waals surface area contributed by atoms with Crippen molar-refractivity contribution in [1.29, 1.82) is 0 Å². The molecule has 0 aromatic rings. The van der Waals surface area contributed by atoms with Gasteiger partial charge < -0.3 is 9.79 Å². The van der Waals surface area contributed by atoms with Crippen LogP contribution in [0.15, 0.2) is 12.2 Å². The van der Waals surface area contributed by atoms with Gasteiger partial charge >= 0.3 is 7.75 Å². The Labute approximate surface area is 147 Å². The number of nitrogens with one attached hydrogen (secondary N) is 1. The van der Waals surface area contributed by atoms with Crippen LogP contribution in [0.4, 0.5) is 0 Å². The van der Waals surface area contributed by atoms with E-state index < -0.39 is 13.7 Å². The molecule has 0 saturated heterocycles. The first-order chi connectivity index (χ1) is 11.5. The summed E-state index contributed by atoms with van der Waals surface area (Å²) >= 11 is 0. The summed E-state index contributed by atoms with van der Waals surface area (Å²) in [5.41, 5.74) is 0. The maximum absolute atomic E-state index is 11.2. The Bertz CT molecular complexity index is 379. The van der Waals surface area contributed by atoms with Crippen molar-refractivity contribution in [2.24, 2.45) is 0 Å². The summed E-state index contributed by atoms with van der Waals surface area (Å²) in [5, 5.41) is 1.69. The van der Waals surface area contributed by atoms with Crippen molar-refractivity contribution in [2.45, 2.75) is 96.8 Å². The number of hydrogen-bond donors (Lipinski definition) is 3. The van der Waals surface area contributed by atoms with Gasteiger partial charge in [0.05, 0.1) is 0 Å². The number of allylic oxidation sites excluding steroid dienone is 2. The molecule has 0 aliphatic carbocycles. The molecular weight excluding hydrogens is 325 g/mol. The molecule has 142 valence electrons. The molecule has 0 bridgehead atoms. The fourth-order valence-electron chi connectivity index (χ4n) is 2.57. The Morgan fingerprint density at radius 3 is 1.79 bits per heavy atom. The molecule has 0 unspecified atom stereocenters. The zero-order valence-electron chi connectivity index (χ0n) is 15.2. The van der Waals surface area contributed by atoms with Crippen molar-refractivity contribution in [3.8, 4) is 0 Å². The molecule has 0 aromatic carbocycles. The van der Waals surface area contributed by atoms with Gasteiger partial charge in [0.25, 0.3) is 0 Å². The highest BCUT2D eigenvalue weighted by Gasteiger charge is 2.15. The molecule has 0 fully saturated rings. The lowest BCUT2D eigenvalue weighted by Crippen LogP contribution is -2.19. The zero-order chi connectivity index (χ0) is 18.1. The fraction of sp³-hybridized carbons (Fsp3) is 0.833. The molecule has 0 atom stereocenters. The van der Waals surface area contributed by atoms with E-state index in [1.165, 1.54) is 64.2 Å². The Balaban J connectivity index is 3.24. The minimum Gasteiger partial charge on any atom is -0.308 e. The second kappa shape index (κ2) is 15.9. The summed E-state index contributed by atoms with van der Waals surface area (Å²) in [4.78, 5) is 28.4. The first-order valence-corrected chi connectivity index (χ1v) is 11.1. The maximum atomic E-state index is 11.2. The molecule has 0 radical (unpaired) electrons. The number of hydrogen-bond acceptors (Lipinski definition) is 2. The molecular formula is C18H36NO4P.